The summed E-state index contributed by atoms with van der Waals surface area (Å²) in [6, 6.07) is 27.8. The average molecular weight is 1090 g/mol. The summed E-state index contributed by atoms with van der Waals surface area (Å²) in [7, 11) is 0. The summed E-state index contributed by atoms with van der Waals surface area (Å²) in [6.07, 6.45) is 1.95. The van der Waals surface area contributed by atoms with Crippen LogP contribution in [0.2, 0.25) is 0 Å². The SMILES string of the molecule is CCCC(c1cc(C)cc(C)c1O)c1cc(C)cc(C)c1OC(=O)c1ccc(C(=O)O)c(-c2c(Cc3cc(C)cc(C(C)(C)C)c3O)cc(C)cc2C(C)(C)C)c1-c1c(Cc2cc(C)cc(C(C)(C)C)c2O)cc(C)cc1C(C)(C)C. The lowest BCUT2D eigenvalue weighted by atomic mass is 9.71. The van der Waals surface area contributed by atoms with Gasteiger partial charge in [-0.2, -0.15) is 0 Å². The first-order valence-electron chi connectivity index (χ1n) is 28.9. The number of rotatable bonds is 13. The summed E-state index contributed by atoms with van der Waals surface area (Å²) < 4.78 is 6.99. The van der Waals surface area contributed by atoms with Gasteiger partial charge in [0, 0.05) is 41.0 Å². The summed E-state index contributed by atoms with van der Waals surface area (Å²) in [5.74, 6) is -1.20. The molecule has 0 amide bonds. The van der Waals surface area contributed by atoms with E-state index in [0.717, 1.165) is 95.4 Å². The lowest BCUT2D eigenvalue weighted by molar-refractivity contribution is 0.0692. The number of carboxylic acids is 1. The smallest absolute Gasteiger partial charge is 0.344 e. The van der Waals surface area contributed by atoms with Crippen LogP contribution in [-0.2, 0) is 34.5 Å². The summed E-state index contributed by atoms with van der Waals surface area (Å²) in [4.78, 5) is 30.8. The Morgan fingerprint density at radius 3 is 1.20 bits per heavy atom. The summed E-state index contributed by atoms with van der Waals surface area (Å²) in [6.45, 7) is 43.5. The average Bonchev–Trinajstić information content (AvgIpc) is 3.40. The molecule has 428 valence electrons. The number of hydrogen-bond donors (Lipinski definition) is 4. The van der Waals surface area contributed by atoms with E-state index in [1.807, 2.05) is 90.9 Å². The van der Waals surface area contributed by atoms with Crippen LogP contribution in [0.25, 0.3) is 22.3 Å². The lowest BCUT2D eigenvalue weighted by Crippen LogP contribution is -2.21. The third-order valence-corrected chi connectivity index (χ3v) is 16.0. The predicted molar refractivity (Wildman–Crippen MR) is 335 cm³/mol. The Hall–Kier alpha value is -7.12. The minimum atomic E-state index is -1.17. The number of aromatic carboxylic acids is 1. The van der Waals surface area contributed by atoms with Crippen LogP contribution in [0.5, 0.6) is 23.0 Å². The van der Waals surface area contributed by atoms with Crippen molar-refractivity contribution in [2.45, 2.75) is 199 Å². The topological polar surface area (TPSA) is 124 Å². The number of carboxylic acid groups (broad SMARTS) is 1. The van der Waals surface area contributed by atoms with Gasteiger partial charge in [0.25, 0.3) is 0 Å². The maximum absolute atomic E-state index is 16.3. The number of carbonyl (C=O) groups is 2. The largest absolute Gasteiger partial charge is 0.507 e. The van der Waals surface area contributed by atoms with Crippen molar-refractivity contribution < 1.29 is 34.8 Å². The number of esters is 1. The predicted octanol–water partition coefficient (Wildman–Crippen LogP) is 18.8. The Morgan fingerprint density at radius 1 is 0.432 bits per heavy atom. The number of phenols is 3. The summed E-state index contributed by atoms with van der Waals surface area (Å²) in [5, 5.41) is 48.3. The quantitative estimate of drug-likeness (QED) is 0.0670. The third-order valence-electron chi connectivity index (χ3n) is 16.0. The van der Waals surface area contributed by atoms with Crippen molar-refractivity contribution >= 4 is 11.9 Å². The highest BCUT2D eigenvalue weighted by molar-refractivity contribution is 6.11. The Morgan fingerprint density at radius 2 is 0.790 bits per heavy atom. The molecule has 0 radical (unpaired) electrons. The molecule has 7 aromatic carbocycles. The van der Waals surface area contributed by atoms with E-state index in [0.29, 0.717) is 45.6 Å². The molecule has 0 saturated heterocycles. The molecule has 0 spiro atoms. The Kier molecular flexibility index (Phi) is 17.2. The Bertz CT molecular complexity index is 3610. The first-order valence-corrected chi connectivity index (χ1v) is 28.9. The van der Waals surface area contributed by atoms with E-state index in [-0.39, 0.29) is 58.0 Å². The van der Waals surface area contributed by atoms with Crippen LogP contribution in [0.15, 0.2) is 84.9 Å². The molecule has 81 heavy (non-hydrogen) atoms. The zero-order chi connectivity index (χ0) is 60.3. The van der Waals surface area contributed by atoms with E-state index in [2.05, 4.69) is 127 Å². The van der Waals surface area contributed by atoms with Crippen LogP contribution in [0.4, 0.5) is 0 Å². The second kappa shape index (κ2) is 22.7. The highest BCUT2D eigenvalue weighted by Gasteiger charge is 2.36. The highest BCUT2D eigenvalue weighted by atomic mass is 16.5. The van der Waals surface area contributed by atoms with Crippen molar-refractivity contribution in [3.63, 3.8) is 0 Å². The molecule has 0 aliphatic carbocycles. The highest BCUT2D eigenvalue weighted by Crippen LogP contribution is 2.51. The maximum Gasteiger partial charge on any atom is 0.344 e. The minimum absolute atomic E-state index is 0.00121. The van der Waals surface area contributed by atoms with Crippen molar-refractivity contribution in [3.8, 4) is 45.3 Å². The molecular weight excluding hydrogens is 1000 g/mol. The van der Waals surface area contributed by atoms with Gasteiger partial charge in [0.1, 0.15) is 23.0 Å². The van der Waals surface area contributed by atoms with Crippen molar-refractivity contribution in [1.29, 1.82) is 0 Å². The fourth-order valence-electron chi connectivity index (χ4n) is 12.3. The molecular formula is C74H90O7. The number of ether oxygens (including phenoxy) is 1. The molecule has 0 bridgehead atoms. The molecule has 1 unspecified atom stereocenters. The monoisotopic (exact) mass is 1090 g/mol. The van der Waals surface area contributed by atoms with E-state index >= 15 is 4.79 Å². The Labute approximate surface area is 484 Å². The summed E-state index contributed by atoms with van der Waals surface area (Å²) in [5.41, 5.74) is 15.7. The van der Waals surface area contributed by atoms with Crippen LogP contribution in [-0.4, -0.2) is 32.4 Å². The van der Waals surface area contributed by atoms with Crippen molar-refractivity contribution in [2.75, 3.05) is 0 Å². The maximum atomic E-state index is 16.3. The van der Waals surface area contributed by atoms with Gasteiger partial charge >= 0.3 is 11.9 Å². The number of phenolic OH excluding ortho intramolecular Hbond substituents is 3. The number of benzene rings is 7. The van der Waals surface area contributed by atoms with Gasteiger partial charge in [0.2, 0.25) is 0 Å². The fraction of sp³-hybridized carbons (Fsp3) is 0.405. The lowest BCUT2D eigenvalue weighted by Gasteiger charge is -2.32. The number of hydrogen-bond acceptors (Lipinski definition) is 6. The van der Waals surface area contributed by atoms with Gasteiger partial charge < -0.3 is 25.2 Å². The first kappa shape index (κ1) is 61.5. The van der Waals surface area contributed by atoms with Crippen LogP contribution >= 0.6 is 0 Å². The van der Waals surface area contributed by atoms with Crippen LogP contribution in [0, 0.1) is 55.4 Å². The minimum Gasteiger partial charge on any atom is -0.507 e. The number of carbonyl (C=O) groups excluding carboxylic acids is 1. The molecule has 0 fully saturated rings. The van der Waals surface area contributed by atoms with E-state index in [1.54, 1.807) is 12.1 Å². The second-order valence-electron chi connectivity index (χ2n) is 27.7. The van der Waals surface area contributed by atoms with Crippen molar-refractivity contribution in [1.82, 2.24) is 0 Å². The molecule has 7 heteroatoms. The van der Waals surface area contributed by atoms with E-state index in [9.17, 15) is 25.2 Å². The van der Waals surface area contributed by atoms with Crippen molar-refractivity contribution in [3.05, 3.63) is 196 Å². The van der Waals surface area contributed by atoms with Gasteiger partial charge in [-0.25, -0.2) is 9.59 Å². The number of aryl methyl sites for hydroxylation is 8. The normalized spacial score (nSPS) is 12.7. The standard InChI is InChI=1S/C74H90O7/c1-22-23-52(55-32-40(2)26-46(8)65(55)75)56-33-41(3)27-47(9)68(56)81-70(80)54-25-24-53(69(78)79)63(61-48(28-42(4)34-57(61)71(10,11)12)38-50-30-44(6)36-59(66(50)76)73(16,17)18)64(54)62-49(29-43(5)35-58(62)72(13,14)15)39-51-31-45(7)37-60(67(51)77)74(19,20)21/h24-37,52,75-77H,22-23,38-39H2,1-21H3,(H,78,79). The van der Waals surface area contributed by atoms with Gasteiger partial charge in [-0.3, -0.25) is 0 Å². The molecule has 0 aromatic heterocycles. The fourth-order valence-corrected chi connectivity index (χ4v) is 12.3. The Balaban J connectivity index is 1.71. The zero-order valence-corrected chi connectivity index (χ0v) is 52.5. The number of aromatic hydroxyl groups is 3. The van der Waals surface area contributed by atoms with E-state index in [1.165, 1.54) is 0 Å². The summed E-state index contributed by atoms with van der Waals surface area (Å²) >= 11 is 0. The molecule has 0 aliphatic rings. The van der Waals surface area contributed by atoms with Gasteiger partial charge in [0.05, 0.1) is 11.1 Å². The van der Waals surface area contributed by atoms with E-state index < -0.39 is 22.8 Å². The molecule has 7 rings (SSSR count). The van der Waals surface area contributed by atoms with Crippen molar-refractivity contribution in [2.24, 2.45) is 0 Å². The molecule has 0 saturated carbocycles. The molecule has 1 atom stereocenters. The van der Waals surface area contributed by atoms with Crippen LogP contribution in [0.3, 0.4) is 0 Å². The molecule has 7 nitrogen and oxygen atoms in total. The molecule has 4 N–H and O–H groups in total. The second-order valence-corrected chi connectivity index (χ2v) is 27.7. The van der Waals surface area contributed by atoms with E-state index in [4.69, 9.17) is 4.74 Å². The third kappa shape index (κ3) is 12.8. The van der Waals surface area contributed by atoms with Gasteiger partial charge in [0.15, 0.2) is 0 Å². The van der Waals surface area contributed by atoms with Gasteiger partial charge in [-0.15, -0.1) is 0 Å². The van der Waals surface area contributed by atoms with Gasteiger partial charge in [-0.1, -0.05) is 203 Å². The molecule has 0 heterocycles. The molecule has 0 aliphatic heterocycles. The molecule has 7 aromatic rings. The van der Waals surface area contributed by atoms with Crippen LogP contribution < -0.4 is 4.74 Å². The van der Waals surface area contributed by atoms with Gasteiger partial charge in [-0.05, 0) is 162 Å². The van der Waals surface area contributed by atoms with Crippen LogP contribution in [0.1, 0.15) is 230 Å². The zero-order valence-electron chi connectivity index (χ0n) is 52.5. The first-order chi connectivity index (χ1) is 37.4.